The smallest absolute Gasteiger partial charge is 0.243 e. The average Bonchev–Trinajstić information content (AvgIpc) is 3.00. The first-order chi connectivity index (χ1) is 11.6. The lowest BCUT2D eigenvalue weighted by atomic mass is 10.1. The van der Waals surface area contributed by atoms with Crippen molar-refractivity contribution in [3.8, 4) is 0 Å². The lowest BCUT2D eigenvalue weighted by molar-refractivity contribution is 0.417. The van der Waals surface area contributed by atoms with Crippen LogP contribution < -0.4 is 0 Å². The Labute approximate surface area is 148 Å². The van der Waals surface area contributed by atoms with Crippen LogP contribution in [-0.2, 0) is 16.4 Å². The van der Waals surface area contributed by atoms with Crippen molar-refractivity contribution in [3.63, 3.8) is 0 Å². The topological polar surface area (TPSA) is 50.5 Å². The van der Waals surface area contributed by atoms with Gasteiger partial charge in [0.05, 0.1) is 16.4 Å². The van der Waals surface area contributed by atoms with Crippen LogP contribution in [0.5, 0.6) is 0 Å². The predicted molar refractivity (Wildman–Crippen MR) is 97.7 cm³/mol. The van der Waals surface area contributed by atoms with E-state index >= 15 is 0 Å². The van der Waals surface area contributed by atoms with Crippen LogP contribution in [0.3, 0.4) is 0 Å². The van der Waals surface area contributed by atoms with Gasteiger partial charge in [-0.3, -0.25) is 0 Å². The Kier molecular flexibility index (Phi) is 5.69. The molecule has 0 spiro atoms. The minimum Gasteiger partial charge on any atom is -0.468 e. The molecular weight excluding hydrogens is 342 g/mol. The van der Waals surface area contributed by atoms with Crippen LogP contribution >= 0.6 is 11.8 Å². The van der Waals surface area contributed by atoms with Crippen molar-refractivity contribution in [1.82, 2.24) is 4.31 Å². The van der Waals surface area contributed by atoms with Crippen LogP contribution in [0.15, 0.2) is 52.0 Å². The Hall–Kier alpha value is -1.24. The normalized spacial score (nSPS) is 20.0. The molecule has 2 aromatic rings. The highest BCUT2D eigenvalue weighted by Crippen LogP contribution is 2.35. The fourth-order valence-corrected chi connectivity index (χ4v) is 5.71. The summed E-state index contributed by atoms with van der Waals surface area (Å²) in [7, 11) is -3.42. The standard InChI is InChI=1S/C18H23NO3S2/c1-2-4-15-6-8-16(9-7-15)24(20,21)19-11-10-18(23-14-12-19)17-5-3-13-22-17/h3,5-9,13,18H,2,4,10-12,14H2,1H3. The highest BCUT2D eigenvalue weighted by molar-refractivity contribution is 7.99. The molecule has 1 fully saturated rings. The fourth-order valence-electron chi connectivity index (χ4n) is 2.96. The lowest BCUT2D eigenvalue weighted by Crippen LogP contribution is -2.33. The van der Waals surface area contributed by atoms with E-state index in [0.717, 1.165) is 30.8 Å². The van der Waals surface area contributed by atoms with Crippen molar-refractivity contribution in [2.45, 2.75) is 36.3 Å². The maximum Gasteiger partial charge on any atom is 0.243 e. The molecule has 0 N–H and O–H groups in total. The molecule has 4 nitrogen and oxygen atoms in total. The molecule has 1 aromatic heterocycles. The van der Waals surface area contributed by atoms with Gasteiger partial charge in [0.25, 0.3) is 0 Å². The Morgan fingerprint density at radius 2 is 2.00 bits per heavy atom. The summed E-state index contributed by atoms with van der Waals surface area (Å²) in [4.78, 5) is 0.392. The van der Waals surface area contributed by atoms with Crippen LogP contribution in [-0.4, -0.2) is 31.6 Å². The molecule has 1 aromatic carbocycles. The van der Waals surface area contributed by atoms with Crippen LogP contribution in [0.1, 0.15) is 36.3 Å². The highest BCUT2D eigenvalue weighted by Gasteiger charge is 2.29. The number of hydrogen-bond acceptors (Lipinski definition) is 4. The first-order valence-electron chi connectivity index (χ1n) is 8.35. The summed E-state index contributed by atoms with van der Waals surface area (Å²) in [5.74, 6) is 1.71. The van der Waals surface area contributed by atoms with Crippen LogP contribution in [0.2, 0.25) is 0 Å². The van der Waals surface area contributed by atoms with Crippen molar-refractivity contribution in [2.75, 3.05) is 18.8 Å². The lowest BCUT2D eigenvalue weighted by Gasteiger charge is -2.20. The Morgan fingerprint density at radius 1 is 1.21 bits per heavy atom. The molecule has 2 heterocycles. The summed E-state index contributed by atoms with van der Waals surface area (Å²) in [5.41, 5.74) is 1.18. The molecule has 1 saturated heterocycles. The Balaban J connectivity index is 1.72. The zero-order valence-electron chi connectivity index (χ0n) is 13.8. The second kappa shape index (κ2) is 7.76. The third-order valence-corrected chi connectivity index (χ3v) is 7.46. The van der Waals surface area contributed by atoms with E-state index in [9.17, 15) is 8.42 Å². The molecule has 6 heteroatoms. The third-order valence-electron chi connectivity index (χ3n) is 4.26. The van der Waals surface area contributed by atoms with Gasteiger partial charge in [-0.1, -0.05) is 25.5 Å². The quantitative estimate of drug-likeness (QED) is 0.800. The number of nitrogens with zero attached hydrogens (tertiary/aromatic N) is 1. The zero-order chi connectivity index (χ0) is 17.0. The van der Waals surface area contributed by atoms with Gasteiger partial charge in [-0.2, -0.15) is 4.31 Å². The van der Waals surface area contributed by atoms with E-state index in [1.54, 1.807) is 34.5 Å². The van der Waals surface area contributed by atoms with Gasteiger partial charge in [0.1, 0.15) is 5.76 Å². The van der Waals surface area contributed by atoms with Crippen LogP contribution in [0, 0.1) is 0 Å². The highest BCUT2D eigenvalue weighted by atomic mass is 32.2. The number of furan rings is 1. The number of sulfonamides is 1. The minimum absolute atomic E-state index is 0.229. The first kappa shape index (κ1) is 17.6. The first-order valence-corrected chi connectivity index (χ1v) is 10.8. The molecule has 0 amide bonds. The predicted octanol–water partition coefficient (Wildman–Crippen LogP) is 4.10. The molecule has 0 saturated carbocycles. The maximum absolute atomic E-state index is 12.9. The van der Waals surface area contributed by atoms with Crippen LogP contribution in [0.4, 0.5) is 0 Å². The summed E-state index contributed by atoms with van der Waals surface area (Å²) in [6.45, 7) is 3.19. The van der Waals surface area contributed by atoms with Gasteiger partial charge in [0.15, 0.2) is 0 Å². The second-order valence-electron chi connectivity index (χ2n) is 5.96. The Morgan fingerprint density at radius 3 is 2.67 bits per heavy atom. The minimum atomic E-state index is -3.42. The van der Waals surface area contributed by atoms with Gasteiger partial charge in [0.2, 0.25) is 10.0 Å². The second-order valence-corrected chi connectivity index (χ2v) is 9.21. The van der Waals surface area contributed by atoms with Crippen molar-refractivity contribution >= 4 is 21.8 Å². The van der Waals surface area contributed by atoms with E-state index < -0.39 is 10.0 Å². The summed E-state index contributed by atoms with van der Waals surface area (Å²) in [6.07, 6.45) is 4.48. The molecule has 1 aliphatic rings. The van der Waals surface area contributed by atoms with E-state index in [1.165, 1.54) is 5.56 Å². The van der Waals surface area contributed by atoms with Crippen LogP contribution in [0.25, 0.3) is 0 Å². The third kappa shape index (κ3) is 3.87. The summed E-state index contributed by atoms with van der Waals surface area (Å²) >= 11 is 1.77. The molecule has 1 aliphatic heterocycles. The van der Waals surface area contributed by atoms with Crippen molar-refractivity contribution in [1.29, 1.82) is 0 Å². The van der Waals surface area contributed by atoms with Gasteiger partial charge in [-0.05, 0) is 42.7 Å². The van der Waals surface area contributed by atoms with Gasteiger partial charge < -0.3 is 4.42 Å². The van der Waals surface area contributed by atoms with Gasteiger partial charge in [-0.15, -0.1) is 11.8 Å². The Bertz CT molecular complexity index is 739. The number of benzene rings is 1. The van der Waals surface area contributed by atoms with E-state index in [2.05, 4.69) is 6.92 Å². The van der Waals surface area contributed by atoms with Crippen molar-refractivity contribution in [3.05, 3.63) is 54.0 Å². The zero-order valence-corrected chi connectivity index (χ0v) is 15.5. The number of rotatable bonds is 5. The fraction of sp³-hybridized carbons (Fsp3) is 0.444. The van der Waals surface area contributed by atoms with Gasteiger partial charge in [-0.25, -0.2) is 8.42 Å². The van der Waals surface area contributed by atoms with E-state index in [4.69, 9.17) is 4.42 Å². The monoisotopic (exact) mass is 365 g/mol. The SMILES string of the molecule is CCCc1ccc(S(=O)(=O)N2CCSC(c3ccco3)CC2)cc1. The van der Waals surface area contributed by atoms with Crippen molar-refractivity contribution in [2.24, 2.45) is 0 Å². The maximum atomic E-state index is 12.9. The molecule has 0 bridgehead atoms. The van der Waals surface area contributed by atoms with E-state index in [-0.39, 0.29) is 5.25 Å². The molecule has 24 heavy (non-hydrogen) atoms. The summed E-state index contributed by atoms with van der Waals surface area (Å²) in [6, 6.07) is 11.2. The molecule has 1 atom stereocenters. The van der Waals surface area contributed by atoms with E-state index in [0.29, 0.717) is 18.0 Å². The molecule has 0 radical (unpaired) electrons. The number of aryl methyl sites for hydroxylation is 1. The number of hydrogen-bond donors (Lipinski definition) is 0. The summed E-state index contributed by atoms with van der Waals surface area (Å²) < 4.78 is 32.9. The van der Waals surface area contributed by atoms with E-state index in [1.807, 2.05) is 24.3 Å². The molecule has 0 aliphatic carbocycles. The van der Waals surface area contributed by atoms with Gasteiger partial charge in [0, 0.05) is 18.8 Å². The van der Waals surface area contributed by atoms with Crippen molar-refractivity contribution < 1.29 is 12.8 Å². The molecule has 130 valence electrons. The molecule has 1 unspecified atom stereocenters. The molecular formula is C18H23NO3S2. The molecule has 3 rings (SSSR count). The number of thioether (sulfide) groups is 1. The largest absolute Gasteiger partial charge is 0.468 e. The average molecular weight is 366 g/mol. The summed E-state index contributed by atoms with van der Waals surface area (Å²) in [5, 5.41) is 0.229. The van der Waals surface area contributed by atoms with Gasteiger partial charge >= 0.3 is 0 Å².